The zero-order valence-electron chi connectivity index (χ0n) is 11.1. The zero-order chi connectivity index (χ0) is 14.8. The van der Waals surface area contributed by atoms with E-state index >= 15 is 0 Å². The minimum atomic E-state index is -0.438. The average molecular weight is 282 g/mol. The Morgan fingerprint density at radius 2 is 1.80 bits per heavy atom. The Labute approximate surface area is 116 Å². The number of carbonyl (C=O) groups excluding carboxylic acids is 4. The molecule has 1 aliphatic rings. The molecule has 0 unspecified atom stereocenters. The Morgan fingerprint density at radius 3 is 2.60 bits per heavy atom. The van der Waals surface area contributed by atoms with Gasteiger partial charge >= 0.3 is 5.97 Å². The van der Waals surface area contributed by atoms with Crippen LogP contribution in [0.4, 0.5) is 0 Å². The van der Waals surface area contributed by atoms with Crippen LogP contribution < -0.4 is 10.6 Å². The first kappa shape index (κ1) is 15.9. The Bertz CT molecular complexity index is 417. The fourth-order valence-corrected chi connectivity index (χ4v) is 1.50. The summed E-state index contributed by atoms with van der Waals surface area (Å²) in [5.74, 6) is -1.30. The number of cyclic esters (lactones) is 1. The number of Topliss-reactive ketones (excluding diaryl/α,β-unsaturated/α-hetero) is 1. The first-order chi connectivity index (χ1) is 9.58. The number of rotatable bonds is 0. The van der Waals surface area contributed by atoms with E-state index in [1.807, 2.05) is 0 Å². The quantitative estimate of drug-likeness (QED) is 0.581. The van der Waals surface area contributed by atoms with Gasteiger partial charge in [0, 0.05) is 25.8 Å². The van der Waals surface area contributed by atoms with Crippen LogP contribution in [0.5, 0.6) is 0 Å². The van der Waals surface area contributed by atoms with E-state index in [2.05, 4.69) is 10.6 Å². The van der Waals surface area contributed by atoms with Crippen LogP contribution in [0, 0.1) is 0 Å². The number of ether oxygens (including phenoxy) is 1. The number of hydrogen-bond acceptors (Lipinski definition) is 5. The summed E-state index contributed by atoms with van der Waals surface area (Å²) >= 11 is 0. The second-order valence-electron chi connectivity index (χ2n) is 4.27. The highest BCUT2D eigenvalue weighted by atomic mass is 16.5. The second kappa shape index (κ2) is 8.84. The van der Waals surface area contributed by atoms with Crippen LogP contribution in [0.2, 0.25) is 0 Å². The summed E-state index contributed by atoms with van der Waals surface area (Å²) in [6, 6.07) is 0. The van der Waals surface area contributed by atoms with Crippen molar-refractivity contribution >= 4 is 23.6 Å². The van der Waals surface area contributed by atoms with Crippen molar-refractivity contribution < 1.29 is 23.9 Å². The largest absolute Gasteiger partial charge is 0.465 e. The van der Waals surface area contributed by atoms with Crippen molar-refractivity contribution in [2.24, 2.45) is 0 Å². The lowest BCUT2D eigenvalue weighted by molar-refractivity contribution is -0.144. The van der Waals surface area contributed by atoms with Crippen LogP contribution in [0.1, 0.15) is 25.7 Å². The predicted octanol–water partition coefficient (Wildman–Crippen LogP) is -0.539. The van der Waals surface area contributed by atoms with Crippen molar-refractivity contribution in [3.8, 4) is 0 Å². The third-order valence-electron chi connectivity index (χ3n) is 2.57. The number of carbonyl (C=O) groups is 4. The molecule has 0 aliphatic carbocycles. The van der Waals surface area contributed by atoms with Crippen LogP contribution >= 0.6 is 0 Å². The molecule has 2 amide bonds. The third-order valence-corrected chi connectivity index (χ3v) is 2.57. The van der Waals surface area contributed by atoms with Gasteiger partial charge in [-0.15, -0.1) is 0 Å². The molecule has 0 atom stereocenters. The summed E-state index contributed by atoms with van der Waals surface area (Å²) in [7, 11) is 0. The van der Waals surface area contributed by atoms with E-state index in [0.29, 0.717) is 6.42 Å². The van der Waals surface area contributed by atoms with Crippen molar-refractivity contribution in [3.05, 3.63) is 12.2 Å². The van der Waals surface area contributed by atoms with E-state index in [1.165, 1.54) is 6.08 Å². The molecule has 0 radical (unpaired) electrons. The summed E-state index contributed by atoms with van der Waals surface area (Å²) in [6.45, 7) is 0.224. The standard InChI is InChI=1S/C13H18N2O5/c16-10-4-5-13(19)20-8-2-1-3-11(17)15-9-12(18)14-7-6-10/h1,3H,2,4-9H2,(H,14,18)(H,15,17). The Balaban J connectivity index is 2.50. The van der Waals surface area contributed by atoms with Gasteiger partial charge < -0.3 is 15.4 Å². The molecule has 0 saturated carbocycles. The topological polar surface area (TPSA) is 102 Å². The van der Waals surface area contributed by atoms with Crippen LogP contribution in [-0.4, -0.2) is 43.3 Å². The highest BCUT2D eigenvalue weighted by molar-refractivity contribution is 5.91. The van der Waals surface area contributed by atoms with Crippen molar-refractivity contribution in [1.82, 2.24) is 10.6 Å². The monoisotopic (exact) mass is 282 g/mol. The lowest BCUT2D eigenvalue weighted by atomic mass is 10.1. The molecule has 1 heterocycles. The molecular weight excluding hydrogens is 264 g/mol. The minimum absolute atomic E-state index is 0.0387. The van der Waals surface area contributed by atoms with Gasteiger partial charge in [0.05, 0.1) is 19.6 Å². The minimum Gasteiger partial charge on any atom is -0.465 e. The molecule has 0 aromatic heterocycles. The molecular formula is C13H18N2O5. The van der Waals surface area contributed by atoms with Crippen LogP contribution in [-0.2, 0) is 23.9 Å². The van der Waals surface area contributed by atoms with Gasteiger partial charge in [0.15, 0.2) is 0 Å². The van der Waals surface area contributed by atoms with Gasteiger partial charge in [-0.3, -0.25) is 19.2 Å². The van der Waals surface area contributed by atoms with Gasteiger partial charge in [-0.05, 0) is 6.08 Å². The molecule has 7 heteroatoms. The second-order valence-corrected chi connectivity index (χ2v) is 4.27. The average Bonchev–Trinajstić information content (AvgIpc) is 2.41. The lowest BCUT2D eigenvalue weighted by Gasteiger charge is -2.06. The summed E-state index contributed by atoms with van der Waals surface area (Å²) in [4.78, 5) is 45.4. The Morgan fingerprint density at radius 1 is 1.00 bits per heavy atom. The summed E-state index contributed by atoms with van der Waals surface area (Å²) in [5, 5.41) is 4.92. The maximum Gasteiger partial charge on any atom is 0.306 e. The lowest BCUT2D eigenvalue weighted by Crippen LogP contribution is -2.37. The predicted molar refractivity (Wildman–Crippen MR) is 69.6 cm³/mol. The third kappa shape index (κ3) is 7.30. The van der Waals surface area contributed by atoms with E-state index in [-0.39, 0.29) is 50.6 Å². The van der Waals surface area contributed by atoms with E-state index in [0.717, 1.165) is 0 Å². The molecule has 2 N–H and O–H groups in total. The highest BCUT2D eigenvalue weighted by Gasteiger charge is 2.09. The first-order valence-electron chi connectivity index (χ1n) is 6.46. The van der Waals surface area contributed by atoms with Crippen LogP contribution in [0.3, 0.4) is 0 Å². The number of amides is 2. The summed E-state index contributed by atoms with van der Waals surface area (Å²) in [6.07, 6.45) is 3.55. The zero-order valence-corrected chi connectivity index (χ0v) is 11.1. The van der Waals surface area contributed by atoms with E-state index in [1.54, 1.807) is 6.08 Å². The van der Waals surface area contributed by atoms with E-state index < -0.39 is 11.9 Å². The van der Waals surface area contributed by atoms with Gasteiger partial charge in [-0.1, -0.05) is 6.08 Å². The first-order valence-corrected chi connectivity index (χ1v) is 6.46. The normalized spacial score (nSPS) is 20.0. The van der Waals surface area contributed by atoms with Gasteiger partial charge in [-0.25, -0.2) is 0 Å². The highest BCUT2D eigenvalue weighted by Crippen LogP contribution is 1.98. The Hall–Kier alpha value is -2.18. The molecule has 0 aromatic rings. The fraction of sp³-hybridized carbons (Fsp3) is 0.538. The van der Waals surface area contributed by atoms with Crippen molar-refractivity contribution in [3.63, 3.8) is 0 Å². The number of nitrogens with one attached hydrogen (secondary N) is 2. The number of esters is 1. The molecule has 0 bridgehead atoms. The van der Waals surface area contributed by atoms with Crippen molar-refractivity contribution in [2.75, 3.05) is 19.7 Å². The molecule has 110 valence electrons. The summed E-state index contributed by atoms with van der Waals surface area (Å²) in [5.41, 5.74) is 0. The van der Waals surface area contributed by atoms with Gasteiger partial charge in [0.25, 0.3) is 0 Å². The smallest absolute Gasteiger partial charge is 0.306 e. The van der Waals surface area contributed by atoms with Crippen LogP contribution in [0.15, 0.2) is 12.2 Å². The molecule has 20 heavy (non-hydrogen) atoms. The van der Waals surface area contributed by atoms with E-state index in [4.69, 9.17) is 4.74 Å². The fourth-order valence-electron chi connectivity index (χ4n) is 1.50. The summed E-state index contributed by atoms with van der Waals surface area (Å²) < 4.78 is 4.90. The molecule has 7 nitrogen and oxygen atoms in total. The maximum absolute atomic E-state index is 11.4. The Kier molecular flexibility index (Phi) is 7.02. The molecule has 0 spiro atoms. The van der Waals surface area contributed by atoms with Gasteiger partial charge in [0.1, 0.15) is 5.78 Å². The van der Waals surface area contributed by atoms with E-state index in [9.17, 15) is 19.2 Å². The van der Waals surface area contributed by atoms with Crippen molar-refractivity contribution in [1.29, 1.82) is 0 Å². The SMILES string of the molecule is O=C1CCNC(=O)CNC(=O)C=CCCOC(=O)CC1. The molecule has 0 saturated heterocycles. The number of hydrogen-bond donors (Lipinski definition) is 2. The van der Waals surface area contributed by atoms with Gasteiger partial charge in [-0.2, -0.15) is 0 Å². The molecule has 0 fully saturated rings. The molecule has 0 aromatic carbocycles. The number of ketones is 1. The van der Waals surface area contributed by atoms with Crippen LogP contribution in [0.25, 0.3) is 0 Å². The van der Waals surface area contributed by atoms with Crippen molar-refractivity contribution in [2.45, 2.75) is 25.7 Å². The molecule has 1 aliphatic heterocycles. The molecule has 1 rings (SSSR count). The van der Waals surface area contributed by atoms with Gasteiger partial charge in [0.2, 0.25) is 11.8 Å². The maximum atomic E-state index is 11.4.